The number of hydrogen-bond donors (Lipinski definition) is 0. The summed E-state index contributed by atoms with van der Waals surface area (Å²) in [4.78, 5) is 34.8. The molecule has 0 aromatic heterocycles. The van der Waals surface area contributed by atoms with Crippen LogP contribution in [0.5, 0.6) is 5.75 Å². The zero-order chi connectivity index (χ0) is 23.5. The number of fused-ring (bicyclic) bond motifs is 1. The summed E-state index contributed by atoms with van der Waals surface area (Å²) in [6, 6.07) is 7.09. The molecule has 33 heavy (non-hydrogen) atoms. The average Bonchev–Trinajstić information content (AvgIpc) is 3.20. The maximum absolute atomic E-state index is 13.2. The predicted octanol–water partition coefficient (Wildman–Crippen LogP) is 3.47. The highest BCUT2D eigenvalue weighted by atomic mass is 32.2. The zero-order valence-electron chi connectivity index (χ0n) is 19.4. The van der Waals surface area contributed by atoms with Crippen LogP contribution < -0.4 is 4.74 Å². The SMILES string of the molecule is COc1ccccc1C1C(C(=O)OC(C)C)=C(C)N=C2SC=C(CC(=O)N3CCOCC3)N21. The first-order valence-corrected chi connectivity index (χ1v) is 11.9. The third-order valence-corrected chi connectivity index (χ3v) is 6.58. The van der Waals surface area contributed by atoms with Crippen molar-refractivity contribution in [3.05, 3.63) is 52.2 Å². The van der Waals surface area contributed by atoms with Crippen LogP contribution in [0.2, 0.25) is 0 Å². The van der Waals surface area contributed by atoms with E-state index in [1.807, 2.05) is 60.2 Å². The van der Waals surface area contributed by atoms with Gasteiger partial charge in [0.05, 0.1) is 50.2 Å². The highest BCUT2D eigenvalue weighted by Gasteiger charge is 2.42. The van der Waals surface area contributed by atoms with Gasteiger partial charge in [-0.2, -0.15) is 0 Å². The van der Waals surface area contributed by atoms with Crippen molar-refractivity contribution < 1.29 is 23.8 Å². The molecule has 3 aliphatic rings. The van der Waals surface area contributed by atoms with Crippen LogP contribution in [0.25, 0.3) is 0 Å². The van der Waals surface area contributed by atoms with Crippen LogP contribution in [0.15, 0.2) is 51.6 Å². The highest BCUT2D eigenvalue weighted by Crippen LogP contribution is 2.47. The number of rotatable bonds is 6. The number of amidine groups is 1. The number of carbonyl (C=O) groups excluding carboxylic acids is 2. The molecule has 176 valence electrons. The number of benzene rings is 1. The molecule has 3 aliphatic heterocycles. The Labute approximate surface area is 198 Å². The molecule has 1 atom stereocenters. The molecule has 1 fully saturated rings. The number of carbonyl (C=O) groups is 2. The van der Waals surface area contributed by atoms with Crippen LogP contribution in [0, 0.1) is 0 Å². The highest BCUT2D eigenvalue weighted by molar-refractivity contribution is 8.16. The van der Waals surface area contributed by atoms with Crippen LogP contribution in [0.1, 0.15) is 38.8 Å². The van der Waals surface area contributed by atoms with E-state index < -0.39 is 12.0 Å². The fourth-order valence-electron chi connectivity index (χ4n) is 4.17. The minimum Gasteiger partial charge on any atom is -0.496 e. The van der Waals surface area contributed by atoms with Gasteiger partial charge in [0.2, 0.25) is 5.91 Å². The number of amides is 1. The Hall–Kier alpha value is -2.78. The van der Waals surface area contributed by atoms with Crippen molar-refractivity contribution in [3.63, 3.8) is 0 Å². The van der Waals surface area contributed by atoms with E-state index in [1.54, 1.807) is 7.11 Å². The lowest BCUT2D eigenvalue weighted by Crippen LogP contribution is -2.42. The van der Waals surface area contributed by atoms with Crippen molar-refractivity contribution in [2.24, 2.45) is 4.99 Å². The smallest absolute Gasteiger partial charge is 0.338 e. The fourth-order valence-corrected chi connectivity index (χ4v) is 5.14. The van der Waals surface area contributed by atoms with Crippen LogP contribution in [0.3, 0.4) is 0 Å². The first-order valence-electron chi connectivity index (χ1n) is 11.0. The Kier molecular flexibility index (Phi) is 7.09. The third kappa shape index (κ3) is 4.79. The van der Waals surface area contributed by atoms with Crippen LogP contribution >= 0.6 is 11.8 Å². The summed E-state index contributed by atoms with van der Waals surface area (Å²) < 4.78 is 16.6. The molecule has 1 unspecified atom stereocenters. The van der Waals surface area contributed by atoms with E-state index in [0.29, 0.717) is 43.3 Å². The van der Waals surface area contributed by atoms with Crippen molar-refractivity contribution in [2.75, 3.05) is 33.4 Å². The van der Waals surface area contributed by atoms with Gasteiger partial charge in [-0.05, 0) is 32.2 Å². The van der Waals surface area contributed by atoms with E-state index in [0.717, 1.165) is 16.4 Å². The molecule has 1 aromatic carbocycles. The second kappa shape index (κ2) is 10.0. The van der Waals surface area contributed by atoms with Crippen LogP contribution in [0.4, 0.5) is 0 Å². The Bertz CT molecular complexity index is 1030. The minimum absolute atomic E-state index is 0.0303. The third-order valence-electron chi connectivity index (χ3n) is 5.69. The second-order valence-electron chi connectivity index (χ2n) is 8.26. The molecule has 0 N–H and O–H groups in total. The molecular formula is C24H29N3O5S. The van der Waals surface area contributed by atoms with Crippen molar-refractivity contribution in [1.82, 2.24) is 9.80 Å². The summed E-state index contributed by atoms with van der Waals surface area (Å²) in [5.41, 5.74) is 2.66. The number of hydrogen-bond acceptors (Lipinski definition) is 8. The first-order chi connectivity index (χ1) is 15.9. The van der Waals surface area contributed by atoms with Crippen molar-refractivity contribution in [3.8, 4) is 5.75 Å². The van der Waals surface area contributed by atoms with Gasteiger partial charge in [0.25, 0.3) is 0 Å². The Balaban J connectivity index is 1.73. The molecule has 8 nitrogen and oxygen atoms in total. The van der Waals surface area contributed by atoms with E-state index in [1.165, 1.54) is 11.8 Å². The molecule has 9 heteroatoms. The number of ether oxygens (including phenoxy) is 3. The molecular weight excluding hydrogens is 442 g/mol. The Morgan fingerprint density at radius 1 is 1.24 bits per heavy atom. The number of thioether (sulfide) groups is 1. The summed E-state index contributed by atoms with van der Waals surface area (Å²) in [6.07, 6.45) is -0.0594. The molecule has 3 heterocycles. The topological polar surface area (TPSA) is 80.7 Å². The van der Waals surface area contributed by atoms with Gasteiger partial charge in [-0.3, -0.25) is 4.79 Å². The average molecular weight is 472 g/mol. The lowest BCUT2D eigenvalue weighted by Gasteiger charge is -2.37. The molecule has 4 rings (SSSR count). The number of para-hydroxylation sites is 1. The van der Waals surface area contributed by atoms with E-state index in [2.05, 4.69) is 0 Å². The summed E-state index contributed by atoms with van der Waals surface area (Å²) in [5, 5.41) is 2.68. The summed E-state index contributed by atoms with van der Waals surface area (Å²) >= 11 is 1.46. The van der Waals surface area contributed by atoms with Crippen LogP contribution in [-0.2, 0) is 19.1 Å². The predicted molar refractivity (Wildman–Crippen MR) is 127 cm³/mol. The van der Waals surface area contributed by atoms with E-state index in [9.17, 15) is 9.59 Å². The Morgan fingerprint density at radius 3 is 2.67 bits per heavy atom. The van der Waals surface area contributed by atoms with Gasteiger partial charge < -0.3 is 24.0 Å². The molecule has 0 radical (unpaired) electrons. The van der Waals surface area contributed by atoms with Crippen molar-refractivity contribution in [2.45, 2.75) is 39.3 Å². The summed E-state index contributed by atoms with van der Waals surface area (Å²) in [7, 11) is 1.61. The second-order valence-corrected chi connectivity index (χ2v) is 9.10. The lowest BCUT2D eigenvalue weighted by atomic mass is 9.93. The normalized spacial score (nSPS) is 20.5. The van der Waals surface area contributed by atoms with Gasteiger partial charge in [-0.25, -0.2) is 9.79 Å². The fraction of sp³-hybridized carbons (Fsp3) is 0.458. The maximum Gasteiger partial charge on any atom is 0.338 e. The van der Waals surface area contributed by atoms with Gasteiger partial charge >= 0.3 is 5.97 Å². The molecule has 0 bridgehead atoms. The monoisotopic (exact) mass is 471 g/mol. The first kappa shape index (κ1) is 23.4. The number of nitrogens with zero attached hydrogens (tertiary/aromatic N) is 3. The standard InChI is InChI=1S/C24H29N3O5S/c1-15(2)32-23(29)21-16(3)25-24-27(22(21)18-7-5-6-8-19(18)30-4)17(14-33-24)13-20(28)26-9-11-31-12-10-26/h5-8,14-15,22H,9-13H2,1-4H3. The molecule has 1 amide bonds. The van der Waals surface area contributed by atoms with Gasteiger partial charge in [-0.1, -0.05) is 30.0 Å². The molecule has 0 aliphatic carbocycles. The van der Waals surface area contributed by atoms with E-state index in [4.69, 9.17) is 19.2 Å². The van der Waals surface area contributed by atoms with Gasteiger partial charge in [0, 0.05) is 24.4 Å². The molecule has 0 spiro atoms. The number of allylic oxidation sites excluding steroid dienone is 1. The summed E-state index contributed by atoms with van der Waals surface area (Å²) in [6.45, 7) is 7.73. The minimum atomic E-state index is -0.515. The number of morpholine rings is 1. The number of aliphatic imine (C=N–C) groups is 1. The lowest BCUT2D eigenvalue weighted by molar-refractivity contribution is -0.143. The van der Waals surface area contributed by atoms with Gasteiger partial charge in [0.1, 0.15) is 5.75 Å². The van der Waals surface area contributed by atoms with E-state index >= 15 is 0 Å². The zero-order valence-corrected chi connectivity index (χ0v) is 20.2. The largest absolute Gasteiger partial charge is 0.496 e. The van der Waals surface area contributed by atoms with Gasteiger partial charge in [0.15, 0.2) is 5.17 Å². The molecule has 0 saturated carbocycles. The van der Waals surface area contributed by atoms with Crippen molar-refractivity contribution in [1.29, 1.82) is 0 Å². The van der Waals surface area contributed by atoms with E-state index in [-0.39, 0.29) is 18.4 Å². The number of esters is 1. The van der Waals surface area contributed by atoms with Gasteiger partial charge in [-0.15, -0.1) is 0 Å². The maximum atomic E-state index is 13.2. The summed E-state index contributed by atoms with van der Waals surface area (Å²) in [5.74, 6) is 0.266. The quantitative estimate of drug-likeness (QED) is 0.588. The molecule has 1 aromatic rings. The van der Waals surface area contributed by atoms with Crippen molar-refractivity contribution >= 4 is 28.8 Å². The Morgan fingerprint density at radius 2 is 1.97 bits per heavy atom. The molecule has 1 saturated heterocycles. The number of methoxy groups -OCH3 is 1. The van der Waals surface area contributed by atoms with Crippen LogP contribution in [-0.4, -0.2) is 66.4 Å².